The lowest BCUT2D eigenvalue weighted by Crippen LogP contribution is -2.37. The summed E-state index contributed by atoms with van der Waals surface area (Å²) in [6.45, 7) is 8.85. The SMILES string of the molecule is C1CCOC1.C1CCOC1.COc1ccc(-c2cnsc2-c2cc(OC)c(OC)c(OC)c2)cc1N.COc1ccc(-c2cnsc2-c2cc(OC)c(OC)c(OC)c2)cc1NC(=O)CN.COc1ccc(-c2cnsc2-c2cc(OC)c(OC)c(OC)c2)cc1NC(=O)CNC(=O)OC(C)(C)C.Cl.Cl.Cn1ccnc1. The standard InChI is InChI=1S/C26H31N3O7S.C21H23N3O5S.C19H20N2O4S.C4H6N2.2C4H8O.2ClH/c1-26(2,3)36-25(31)27-14-22(30)29-18-10-15(8-9-19(18)32-4)17-13-28-37-24(17)16-11-20(33-5)23(35-7)21(12-16)34-6;1-26-16-6-5-12(7-15(16)24-19(25)10-22)14-11-23-30-21(14)13-8-17(27-2)20(29-4)18(9-13)28-3;1-22-15-6-5-11(7-14(15)20)13-10-21-26-19(13)12-8-16(23-2)18(25-4)17(9-12)24-3;1-6-3-2-5-4-6;2*1-2-4-5-3-1;;/h8-13H,14H2,1-7H3,(H,27,31)(H,29,30);5-9,11H,10,22H2,1-4H3,(H,24,25);5-10H,20H2,1-4H3;2-4H,1H3;2*1-4H2;2*1H. The molecule has 0 radical (unpaired) electrons. The number of benzene rings is 6. The predicted molar refractivity (Wildman–Crippen MR) is 440 cm³/mol. The molecule has 2 aliphatic heterocycles. The van der Waals surface area contributed by atoms with Crippen molar-refractivity contribution in [3.8, 4) is 134 Å². The number of nitrogens with zero attached hydrogens (tertiary/aromatic N) is 5. The van der Waals surface area contributed by atoms with Gasteiger partial charge in [0.05, 0.1) is 130 Å². The van der Waals surface area contributed by atoms with Gasteiger partial charge in [-0.3, -0.25) is 9.59 Å². The summed E-state index contributed by atoms with van der Waals surface area (Å²) in [7, 11) is 20.7. The van der Waals surface area contributed by atoms with Crippen molar-refractivity contribution in [1.82, 2.24) is 28.0 Å². The molecule has 0 atom stereocenters. The van der Waals surface area contributed by atoms with Gasteiger partial charge in [-0.05, 0) is 171 Å². The number of hydrogen-bond acceptors (Lipinski definition) is 27. The van der Waals surface area contributed by atoms with Crippen LogP contribution in [0.1, 0.15) is 46.5 Å². The first kappa shape index (κ1) is 91.1. The lowest BCUT2D eigenvalue weighted by atomic mass is 10.0. The Morgan fingerprint density at radius 1 is 0.459 bits per heavy atom. The van der Waals surface area contributed by atoms with Crippen LogP contribution in [0.15, 0.2) is 128 Å². The molecule has 3 amide bonds. The normalized spacial score (nSPS) is 11.5. The summed E-state index contributed by atoms with van der Waals surface area (Å²) < 4.78 is 95.2. The average molecular weight is 1630 g/mol. The van der Waals surface area contributed by atoms with Crippen molar-refractivity contribution in [1.29, 1.82) is 0 Å². The number of ether oxygens (including phenoxy) is 15. The van der Waals surface area contributed by atoms with Crippen molar-refractivity contribution in [2.45, 2.75) is 52.1 Å². The zero-order valence-electron chi connectivity index (χ0n) is 65.0. The summed E-state index contributed by atoms with van der Waals surface area (Å²) in [5.41, 5.74) is 20.3. The van der Waals surface area contributed by atoms with Crippen LogP contribution in [0.25, 0.3) is 64.7 Å². The van der Waals surface area contributed by atoms with Gasteiger partial charge in [-0.25, -0.2) is 9.78 Å². The van der Waals surface area contributed by atoms with Crippen LogP contribution in [0.4, 0.5) is 21.9 Å². The minimum atomic E-state index is -0.678. The molecule has 600 valence electrons. The molecule has 0 saturated carbocycles. The molecule has 33 heteroatoms. The summed E-state index contributed by atoms with van der Waals surface area (Å²) >= 11 is 4.05. The fraction of sp³-hybridized carbons (Fsp3) is 0.346. The number of carbonyl (C=O) groups is 3. The molecule has 2 aliphatic rings. The molecule has 28 nitrogen and oxygen atoms in total. The molecule has 2 saturated heterocycles. The van der Waals surface area contributed by atoms with E-state index < -0.39 is 17.6 Å². The van der Waals surface area contributed by atoms with E-state index in [-0.39, 0.29) is 43.8 Å². The minimum absolute atomic E-state index is 0. The van der Waals surface area contributed by atoms with Crippen LogP contribution in [0.3, 0.4) is 0 Å². The first-order valence-corrected chi connectivity index (χ1v) is 36.4. The van der Waals surface area contributed by atoms with Gasteiger partial charge in [-0.2, -0.15) is 13.1 Å². The van der Waals surface area contributed by atoms with Crippen LogP contribution in [0, 0.1) is 0 Å². The number of alkyl carbamates (subject to hydrolysis) is 1. The van der Waals surface area contributed by atoms with E-state index in [1.165, 1.54) is 67.4 Å². The zero-order valence-corrected chi connectivity index (χ0v) is 69.1. The molecule has 6 heterocycles. The van der Waals surface area contributed by atoms with Crippen molar-refractivity contribution < 1.29 is 85.4 Å². The molecule has 111 heavy (non-hydrogen) atoms. The second kappa shape index (κ2) is 46.2. The van der Waals surface area contributed by atoms with Crippen LogP contribution in [-0.2, 0) is 30.8 Å². The van der Waals surface area contributed by atoms with Crippen LogP contribution < -0.4 is 84.3 Å². The Balaban J connectivity index is 0.000000269. The fourth-order valence-electron chi connectivity index (χ4n) is 10.7. The Morgan fingerprint density at radius 3 is 1.05 bits per heavy atom. The predicted octanol–water partition coefficient (Wildman–Crippen LogP) is 15.3. The average Bonchev–Trinajstić information content (AvgIpc) is 1.56. The van der Waals surface area contributed by atoms with E-state index in [9.17, 15) is 14.4 Å². The summed E-state index contributed by atoms with van der Waals surface area (Å²) in [6.07, 6.45) is 15.2. The Bertz CT molecular complexity index is 4450. The van der Waals surface area contributed by atoms with Crippen LogP contribution >= 0.6 is 59.4 Å². The van der Waals surface area contributed by atoms with E-state index >= 15 is 0 Å². The summed E-state index contributed by atoms with van der Waals surface area (Å²) in [4.78, 5) is 42.8. The lowest BCUT2D eigenvalue weighted by molar-refractivity contribution is -0.116. The molecule has 2 fully saturated rings. The van der Waals surface area contributed by atoms with Crippen molar-refractivity contribution in [2.75, 3.05) is 141 Å². The van der Waals surface area contributed by atoms with E-state index in [4.69, 9.17) is 82.5 Å². The van der Waals surface area contributed by atoms with E-state index in [1.54, 1.807) is 142 Å². The summed E-state index contributed by atoms with van der Waals surface area (Å²) in [5.74, 6) is 5.82. The second-order valence-electron chi connectivity index (χ2n) is 24.3. The van der Waals surface area contributed by atoms with Crippen molar-refractivity contribution in [2.24, 2.45) is 12.8 Å². The topological polar surface area (TPSA) is 334 Å². The molecule has 10 aromatic rings. The quantitative estimate of drug-likeness (QED) is 0.0371. The van der Waals surface area contributed by atoms with Crippen LogP contribution in [0.2, 0.25) is 0 Å². The van der Waals surface area contributed by atoms with Gasteiger partial charge in [0.25, 0.3) is 0 Å². The maximum Gasteiger partial charge on any atom is 0.408 e. The zero-order chi connectivity index (χ0) is 79.0. The van der Waals surface area contributed by atoms with Crippen molar-refractivity contribution in [3.63, 3.8) is 0 Å². The number of methoxy groups -OCH3 is 12. The Hall–Kier alpha value is -10.5. The summed E-state index contributed by atoms with van der Waals surface area (Å²) in [6, 6.07) is 27.9. The van der Waals surface area contributed by atoms with Crippen molar-refractivity contribution in [3.05, 3.63) is 128 Å². The monoisotopic (exact) mass is 1630 g/mol. The molecular weight excluding hydrogens is 1530 g/mol. The lowest BCUT2D eigenvalue weighted by Gasteiger charge is -2.19. The first-order valence-electron chi connectivity index (χ1n) is 34.1. The molecular formula is C78H98Cl2N10O18S3. The largest absolute Gasteiger partial charge is 0.495 e. The molecule has 0 spiro atoms. The number of hydrogen-bond donors (Lipinski definition) is 5. The number of carbonyl (C=O) groups excluding carboxylic acids is 3. The highest BCUT2D eigenvalue weighted by atomic mass is 35.5. The first-order chi connectivity index (χ1) is 52.7. The number of nitrogen functional groups attached to an aromatic ring is 1. The number of halogens is 2. The molecule has 0 unspecified atom stereocenters. The third-order valence-electron chi connectivity index (χ3n) is 15.9. The molecule has 7 N–H and O–H groups in total. The number of nitrogens with one attached hydrogen (secondary N) is 3. The van der Waals surface area contributed by atoms with Crippen LogP contribution in [0.5, 0.6) is 69.0 Å². The Labute approximate surface area is 671 Å². The highest BCUT2D eigenvalue weighted by Crippen LogP contribution is 2.49. The maximum absolute atomic E-state index is 12.6. The molecule has 4 aromatic heterocycles. The van der Waals surface area contributed by atoms with Gasteiger partial charge in [0, 0.05) is 97.8 Å². The number of amides is 3. The molecule has 6 aromatic carbocycles. The summed E-state index contributed by atoms with van der Waals surface area (Å²) in [5, 5.41) is 7.99. The second-order valence-corrected chi connectivity index (χ2v) is 26.7. The van der Waals surface area contributed by atoms with E-state index in [0.29, 0.717) is 86.1 Å². The van der Waals surface area contributed by atoms with E-state index in [1.807, 2.05) is 96.8 Å². The molecule has 12 rings (SSSR count). The third-order valence-corrected chi connectivity index (χ3v) is 18.4. The van der Waals surface area contributed by atoms with Gasteiger partial charge in [0.1, 0.15) is 29.4 Å². The van der Waals surface area contributed by atoms with Gasteiger partial charge in [0.2, 0.25) is 29.1 Å². The minimum Gasteiger partial charge on any atom is -0.495 e. The fourth-order valence-corrected chi connectivity index (χ4v) is 12.9. The van der Waals surface area contributed by atoms with E-state index in [0.717, 1.165) is 91.1 Å². The highest BCUT2D eigenvalue weighted by Gasteiger charge is 2.24. The highest BCUT2D eigenvalue weighted by molar-refractivity contribution is 7.10. The number of imidazole rings is 1. The third kappa shape index (κ3) is 25.8. The van der Waals surface area contributed by atoms with Gasteiger partial charge < -0.3 is 103 Å². The smallest absolute Gasteiger partial charge is 0.408 e. The number of anilines is 3. The number of nitrogens with two attached hydrogens (primary N) is 2. The molecule has 0 bridgehead atoms. The van der Waals surface area contributed by atoms with Gasteiger partial charge >= 0.3 is 6.09 Å². The number of rotatable bonds is 23. The van der Waals surface area contributed by atoms with Gasteiger partial charge in [-0.15, -0.1) is 24.8 Å². The maximum atomic E-state index is 12.6. The number of aromatic nitrogens is 5. The Morgan fingerprint density at radius 2 is 0.793 bits per heavy atom. The van der Waals surface area contributed by atoms with Gasteiger partial charge in [-0.1, -0.05) is 18.2 Å². The van der Waals surface area contributed by atoms with E-state index in [2.05, 4.69) is 34.1 Å². The molecule has 0 aliphatic carbocycles. The van der Waals surface area contributed by atoms with Gasteiger partial charge in [0.15, 0.2) is 34.5 Å². The van der Waals surface area contributed by atoms with Crippen LogP contribution in [-0.4, -0.2) is 171 Å². The van der Waals surface area contributed by atoms with Crippen molar-refractivity contribution >= 4 is 94.4 Å². The Kier molecular flexibility index (Phi) is 37.9. The number of aryl methyl sites for hydroxylation is 1.